The minimum absolute atomic E-state index is 0.133. The molecule has 0 aliphatic carbocycles. The minimum atomic E-state index is -4.62. The molecule has 2 rings (SSSR count). The molecule has 0 amide bonds. The molecule has 0 radical (unpaired) electrons. The molecular formula is C13H7Cl3F3NO. The van der Waals surface area contributed by atoms with Gasteiger partial charge < -0.3 is 4.74 Å². The number of halogens is 6. The van der Waals surface area contributed by atoms with E-state index in [-0.39, 0.29) is 32.1 Å². The Morgan fingerprint density at radius 2 is 1.57 bits per heavy atom. The number of alkyl halides is 3. The number of methoxy groups -OCH3 is 1. The van der Waals surface area contributed by atoms with Crippen molar-refractivity contribution in [3.05, 3.63) is 45.0 Å². The number of ether oxygens (including phenoxy) is 1. The zero-order valence-corrected chi connectivity index (χ0v) is 12.7. The molecular weight excluding hydrogens is 350 g/mol. The summed E-state index contributed by atoms with van der Waals surface area (Å²) < 4.78 is 43.4. The first-order chi connectivity index (χ1) is 9.72. The molecule has 8 heteroatoms. The van der Waals surface area contributed by atoms with Crippen molar-refractivity contribution in [1.82, 2.24) is 4.98 Å². The molecule has 1 aromatic carbocycles. The second-order valence-corrected chi connectivity index (χ2v) is 5.28. The van der Waals surface area contributed by atoms with E-state index in [0.29, 0.717) is 0 Å². The van der Waals surface area contributed by atoms with Crippen LogP contribution in [0.3, 0.4) is 0 Å². The summed E-state index contributed by atoms with van der Waals surface area (Å²) in [4.78, 5) is 3.37. The summed E-state index contributed by atoms with van der Waals surface area (Å²) in [5.74, 6) is -0.193. The van der Waals surface area contributed by atoms with Crippen LogP contribution < -0.4 is 4.74 Å². The average Bonchev–Trinajstić information content (AvgIpc) is 2.36. The van der Waals surface area contributed by atoms with Gasteiger partial charge in [-0.1, -0.05) is 34.8 Å². The Morgan fingerprint density at radius 1 is 1.00 bits per heavy atom. The fourth-order valence-corrected chi connectivity index (χ4v) is 2.75. The Morgan fingerprint density at radius 3 is 2.05 bits per heavy atom. The highest BCUT2D eigenvalue weighted by atomic mass is 35.5. The maximum atomic E-state index is 12.9. The van der Waals surface area contributed by atoms with Crippen LogP contribution in [0.15, 0.2) is 24.3 Å². The van der Waals surface area contributed by atoms with Gasteiger partial charge in [0.1, 0.15) is 5.69 Å². The van der Waals surface area contributed by atoms with Crippen molar-refractivity contribution in [2.45, 2.75) is 6.18 Å². The molecule has 0 unspecified atom stereocenters. The molecule has 2 aromatic rings. The summed E-state index contributed by atoms with van der Waals surface area (Å²) in [6.45, 7) is 0. The highest BCUT2D eigenvalue weighted by Gasteiger charge is 2.34. The highest BCUT2D eigenvalue weighted by molar-refractivity contribution is 6.41. The molecule has 0 aliphatic heterocycles. The maximum absolute atomic E-state index is 12.9. The number of pyridine rings is 1. The van der Waals surface area contributed by atoms with E-state index in [1.165, 1.54) is 25.3 Å². The van der Waals surface area contributed by atoms with E-state index in [1.807, 2.05) is 0 Å². The predicted molar refractivity (Wildman–Crippen MR) is 76.3 cm³/mol. The smallest absolute Gasteiger partial charge is 0.433 e. The molecule has 0 spiro atoms. The summed E-state index contributed by atoms with van der Waals surface area (Å²) in [5.41, 5.74) is -0.728. The van der Waals surface area contributed by atoms with Crippen LogP contribution in [0.2, 0.25) is 15.1 Å². The zero-order chi connectivity index (χ0) is 15.8. The van der Waals surface area contributed by atoms with Crippen molar-refractivity contribution in [2.24, 2.45) is 0 Å². The normalized spacial score (nSPS) is 11.6. The molecule has 2 nitrogen and oxygen atoms in total. The van der Waals surface area contributed by atoms with Gasteiger partial charge in [0, 0.05) is 16.7 Å². The standard InChI is InChI=1S/C13H7Cl3F3NO/c1-21-11-3-6(2-10(20-11)13(17,18)19)12-8(15)4-7(14)5-9(12)16/h2-5H,1H3. The van der Waals surface area contributed by atoms with Gasteiger partial charge in [0.05, 0.1) is 17.2 Å². The van der Waals surface area contributed by atoms with E-state index >= 15 is 0 Å². The zero-order valence-electron chi connectivity index (χ0n) is 10.4. The number of hydrogen-bond acceptors (Lipinski definition) is 2. The summed E-state index contributed by atoms with van der Waals surface area (Å²) in [7, 11) is 1.22. The van der Waals surface area contributed by atoms with Crippen molar-refractivity contribution in [2.75, 3.05) is 7.11 Å². The molecule has 1 heterocycles. The topological polar surface area (TPSA) is 22.1 Å². The molecule has 0 bridgehead atoms. The summed E-state index contributed by atoms with van der Waals surface area (Å²) in [6.07, 6.45) is -4.62. The van der Waals surface area contributed by atoms with Gasteiger partial charge in [-0.3, -0.25) is 0 Å². The van der Waals surface area contributed by atoms with Gasteiger partial charge in [-0.25, -0.2) is 4.98 Å². The third-order valence-corrected chi connectivity index (χ3v) is 3.41. The Labute approximate surface area is 133 Å². The minimum Gasteiger partial charge on any atom is -0.481 e. The van der Waals surface area contributed by atoms with E-state index in [2.05, 4.69) is 4.98 Å². The van der Waals surface area contributed by atoms with Crippen molar-refractivity contribution in [1.29, 1.82) is 0 Å². The van der Waals surface area contributed by atoms with Gasteiger partial charge in [-0.2, -0.15) is 13.2 Å². The fourth-order valence-electron chi connectivity index (χ4n) is 1.72. The van der Waals surface area contributed by atoms with Gasteiger partial charge in [-0.05, 0) is 23.8 Å². The lowest BCUT2D eigenvalue weighted by Crippen LogP contribution is -2.09. The summed E-state index contributed by atoms with van der Waals surface area (Å²) in [5, 5.41) is 0.550. The molecule has 0 saturated heterocycles. The monoisotopic (exact) mass is 355 g/mol. The van der Waals surface area contributed by atoms with Gasteiger partial charge >= 0.3 is 6.18 Å². The number of hydrogen-bond donors (Lipinski definition) is 0. The van der Waals surface area contributed by atoms with Crippen LogP contribution in [0.4, 0.5) is 13.2 Å². The third kappa shape index (κ3) is 3.54. The largest absolute Gasteiger partial charge is 0.481 e. The van der Waals surface area contributed by atoms with Crippen LogP contribution in [0.1, 0.15) is 5.69 Å². The van der Waals surface area contributed by atoms with Crippen LogP contribution >= 0.6 is 34.8 Å². The molecule has 0 saturated carbocycles. The van der Waals surface area contributed by atoms with E-state index in [0.717, 1.165) is 6.07 Å². The number of rotatable bonds is 2. The van der Waals surface area contributed by atoms with Gasteiger partial charge in [-0.15, -0.1) is 0 Å². The predicted octanol–water partition coefficient (Wildman–Crippen LogP) is 5.74. The third-order valence-electron chi connectivity index (χ3n) is 2.60. The Bertz CT molecular complexity index is 666. The number of aromatic nitrogens is 1. The first kappa shape index (κ1) is 16.2. The van der Waals surface area contributed by atoms with Crippen LogP contribution in [-0.2, 0) is 6.18 Å². The van der Waals surface area contributed by atoms with E-state index in [9.17, 15) is 13.2 Å². The number of benzene rings is 1. The molecule has 21 heavy (non-hydrogen) atoms. The first-order valence-corrected chi connectivity index (χ1v) is 6.64. The fraction of sp³-hybridized carbons (Fsp3) is 0.154. The Kier molecular flexibility index (Phi) is 4.56. The second-order valence-electron chi connectivity index (χ2n) is 4.03. The van der Waals surface area contributed by atoms with Crippen molar-refractivity contribution < 1.29 is 17.9 Å². The lowest BCUT2D eigenvalue weighted by Gasteiger charge is -2.13. The number of nitrogens with zero attached hydrogens (tertiary/aromatic N) is 1. The Balaban J connectivity index is 2.70. The van der Waals surface area contributed by atoms with Gasteiger partial charge in [0.15, 0.2) is 0 Å². The van der Waals surface area contributed by atoms with E-state index in [4.69, 9.17) is 39.5 Å². The van der Waals surface area contributed by atoms with Crippen LogP contribution in [0, 0.1) is 0 Å². The lowest BCUT2D eigenvalue weighted by molar-refractivity contribution is -0.141. The van der Waals surface area contributed by atoms with Gasteiger partial charge in [0.2, 0.25) is 5.88 Å². The highest BCUT2D eigenvalue weighted by Crippen LogP contribution is 2.40. The molecule has 0 atom stereocenters. The van der Waals surface area contributed by atoms with E-state index in [1.54, 1.807) is 0 Å². The van der Waals surface area contributed by atoms with Crippen LogP contribution in [0.5, 0.6) is 5.88 Å². The van der Waals surface area contributed by atoms with Crippen LogP contribution in [-0.4, -0.2) is 12.1 Å². The molecule has 112 valence electrons. The maximum Gasteiger partial charge on any atom is 0.433 e. The molecule has 0 aliphatic rings. The summed E-state index contributed by atoms with van der Waals surface area (Å²) in [6, 6.07) is 4.95. The average molecular weight is 357 g/mol. The van der Waals surface area contributed by atoms with Gasteiger partial charge in [0.25, 0.3) is 0 Å². The SMILES string of the molecule is COc1cc(-c2c(Cl)cc(Cl)cc2Cl)cc(C(F)(F)F)n1. The Hall–Kier alpha value is -1.17. The molecule has 1 aromatic heterocycles. The van der Waals surface area contributed by atoms with Crippen molar-refractivity contribution in [3.8, 4) is 17.0 Å². The van der Waals surface area contributed by atoms with Crippen molar-refractivity contribution in [3.63, 3.8) is 0 Å². The summed E-state index contributed by atoms with van der Waals surface area (Å²) >= 11 is 17.8. The van der Waals surface area contributed by atoms with E-state index < -0.39 is 11.9 Å². The van der Waals surface area contributed by atoms with Crippen LogP contribution in [0.25, 0.3) is 11.1 Å². The first-order valence-electron chi connectivity index (χ1n) is 5.50. The van der Waals surface area contributed by atoms with Crippen molar-refractivity contribution >= 4 is 34.8 Å². The molecule has 0 N–H and O–H groups in total. The quantitative estimate of drug-likeness (QED) is 0.685. The lowest BCUT2D eigenvalue weighted by atomic mass is 10.1. The second kappa shape index (κ2) is 5.91. The molecule has 0 fully saturated rings.